The van der Waals surface area contributed by atoms with Crippen molar-refractivity contribution in [3.63, 3.8) is 0 Å². The summed E-state index contributed by atoms with van der Waals surface area (Å²) in [6, 6.07) is 12.4. The summed E-state index contributed by atoms with van der Waals surface area (Å²) >= 11 is 2.02. The molecule has 0 aliphatic carbocycles. The zero-order valence-electron chi connectivity index (χ0n) is 24.2. The number of benzene rings is 1. The van der Waals surface area contributed by atoms with Crippen molar-refractivity contribution in [3.8, 4) is 21.7 Å². The normalized spacial score (nSPS) is 12.1. The number of primary amides is 1. The fourth-order valence-electron chi connectivity index (χ4n) is 4.99. The summed E-state index contributed by atoms with van der Waals surface area (Å²) in [4.78, 5) is 36.0. The molecule has 5 aromatic heterocycles. The summed E-state index contributed by atoms with van der Waals surface area (Å²) in [5, 5.41) is 6.59. The molecular formula is C31H23F5N6O2S2. The van der Waals surface area contributed by atoms with E-state index in [1.165, 1.54) is 17.4 Å². The Morgan fingerprint density at radius 3 is 2.30 bits per heavy atom. The number of carbonyl (C=O) groups is 2. The third-order valence-electron chi connectivity index (χ3n) is 7.25. The maximum atomic E-state index is 14.2. The number of alkyl halides is 5. The van der Waals surface area contributed by atoms with E-state index in [2.05, 4.69) is 20.4 Å². The molecule has 15 heteroatoms. The summed E-state index contributed by atoms with van der Waals surface area (Å²) < 4.78 is 70.8. The Morgan fingerprint density at radius 2 is 1.72 bits per heavy atom. The lowest BCUT2D eigenvalue weighted by Gasteiger charge is -2.13. The number of fused-ring (bicyclic) bond motifs is 2. The van der Waals surface area contributed by atoms with E-state index in [1.54, 1.807) is 36.4 Å². The molecule has 0 bridgehead atoms. The van der Waals surface area contributed by atoms with Crippen LogP contribution in [0.4, 0.5) is 27.6 Å². The molecule has 236 valence electrons. The molecule has 0 saturated heterocycles. The summed E-state index contributed by atoms with van der Waals surface area (Å²) in [6.45, 7) is 5.79. The summed E-state index contributed by atoms with van der Waals surface area (Å²) in [7, 11) is 0. The van der Waals surface area contributed by atoms with Crippen molar-refractivity contribution in [2.24, 2.45) is 5.73 Å². The molecule has 0 radical (unpaired) electrons. The van der Waals surface area contributed by atoms with Crippen LogP contribution in [0.15, 0.2) is 54.7 Å². The minimum absolute atomic E-state index is 0.0208. The zero-order valence-corrected chi connectivity index (χ0v) is 25.9. The van der Waals surface area contributed by atoms with E-state index in [0.29, 0.717) is 26.3 Å². The molecule has 0 aliphatic rings. The van der Waals surface area contributed by atoms with E-state index >= 15 is 0 Å². The summed E-state index contributed by atoms with van der Waals surface area (Å²) in [5.41, 5.74) is 4.72. The second-order valence-corrected chi connectivity index (χ2v) is 13.0. The van der Waals surface area contributed by atoms with Crippen molar-refractivity contribution in [1.29, 1.82) is 0 Å². The van der Waals surface area contributed by atoms with Crippen molar-refractivity contribution < 1.29 is 31.5 Å². The van der Waals surface area contributed by atoms with Crippen LogP contribution in [0.2, 0.25) is 0 Å². The van der Waals surface area contributed by atoms with Gasteiger partial charge in [-0.15, -0.1) is 22.7 Å². The van der Waals surface area contributed by atoms with Gasteiger partial charge < -0.3 is 11.1 Å². The first kappa shape index (κ1) is 31.2. The first-order valence-corrected chi connectivity index (χ1v) is 15.4. The minimum atomic E-state index is -4.85. The fraction of sp³-hybridized carbons (Fsp3) is 0.194. The van der Waals surface area contributed by atoms with Crippen LogP contribution < -0.4 is 11.1 Å². The van der Waals surface area contributed by atoms with E-state index in [0.717, 1.165) is 22.7 Å². The fourth-order valence-corrected chi connectivity index (χ4v) is 6.89. The molecule has 0 spiro atoms. The Kier molecular flexibility index (Phi) is 7.84. The number of hydrogen-bond donors (Lipinski definition) is 2. The lowest BCUT2D eigenvalue weighted by Crippen LogP contribution is -2.18. The summed E-state index contributed by atoms with van der Waals surface area (Å²) in [6.07, 6.45) is -6.84. The van der Waals surface area contributed by atoms with Gasteiger partial charge in [-0.1, -0.05) is 38.1 Å². The van der Waals surface area contributed by atoms with Gasteiger partial charge in [0.05, 0.1) is 17.6 Å². The average molecular weight is 671 g/mol. The van der Waals surface area contributed by atoms with E-state index < -0.39 is 35.8 Å². The van der Waals surface area contributed by atoms with Crippen LogP contribution >= 0.6 is 22.7 Å². The van der Waals surface area contributed by atoms with Gasteiger partial charge in [0.25, 0.3) is 18.2 Å². The lowest BCUT2D eigenvalue weighted by molar-refractivity contribution is -0.142. The molecule has 46 heavy (non-hydrogen) atoms. The average Bonchev–Trinajstić information content (AvgIpc) is 3.72. The number of carbonyl (C=O) groups excluding carboxylic acids is 2. The smallest absolute Gasteiger partial charge is 0.365 e. The number of amides is 2. The van der Waals surface area contributed by atoms with Gasteiger partial charge in [0, 0.05) is 26.3 Å². The number of aromatic nitrogens is 4. The standard InChI is InChI=1S/C31H23F5N6O2S2/c1-13(2)15-5-7-16(8-6-15)19-11-22(31(34,35)36)42-28(39-19)18(12-38-42)29(44)41-24-23-17(21-9-4-14(3)45-21)10-20(26(32)33)40-30(23)46-25(24)27(37)43/h4-13,26H,1-3H3,(H2,37,43)(H,41,44). The van der Waals surface area contributed by atoms with E-state index in [9.17, 15) is 31.5 Å². The third kappa shape index (κ3) is 5.60. The number of thiophene rings is 2. The van der Waals surface area contributed by atoms with Gasteiger partial charge in [-0.3, -0.25) is 9.59 Å². The third-order valence-corrected chi connectivity index (χ3v) is 9.39. The van der Waals surface area contributed by atoms with Crippen molar-refractivity contribution in [2.75, 3.05) is 5.32 Å². The van der Waals surface area contributed by atoms with Crippen LogP contribution in [0.5, 0.6) is 0 Å². The lowest BCUT2D eigenvalue weighted by atomic mass is 10.0. The molecule has 0 unspecified atom stereocenters. The molecule has 0 fully saturated rings. The second kappa shape index (κ2) is 11.6. The Hall–Kier alpha value is -4.76. The van der Waals surface area contributed by atoms with Gasteiger partial charge in [-0.25, -0.2) is 23.3 Å². The number of pyridine rings is 1. The predicted octanol–water partition coefficient (Wildman–Crippen LogP) is 8.47. The molecule has 0 saturated carbocycles. The number of nitrogens with zero attached hydrogens (tertiary/aromatic N) is 4. The van der Waals surface area contributed by atoms with Crippen molar-refractivity contribution >= 4 is 56.0 Å². The molecular weight excluding hydrogens is 648 g/mol. The first-order chi connectivity index (χ1) is 21.7. The van der Waals surface area contributed by atoms with Gasteiger partial charge in [0.1, 0.15) is 21.0 Å². The van der Waals surface area contributed by atoms with E-state index in [1.807, 2.05) is 20.8 Å². The SMILES string of the molecule is Cc1ccc(-c2cc(C(F)F)nc3sc(C(N)=O)c(NC(=O)c4cnn5c(C(F)(F)F)cc(-c6ccc(C(C)C)cc6)nc45)c23)s1. The highest BCUT2D eigenvalue weighted by atomic mass is 32.1. The van der Waals surface area contributed by atoms with Gasteiger partial charge in [-0.2, -0.15) is 18.3 Å². The number of rotatable bonds is 7. The van der Waals surface area contributed by atoms with Crippen molar-refractivity contribution in [2.45, 2.75) is 39.3 Å². The molecule has 8 nitrogen and oxygen atoms in total. The van der Waals surface area contributed by atoms with Crippen molar-refractivity contribution in [1.82, 2.24) is 19.6 Å². The van der Waals surface area contributed by atoms with Crippen LogP contribution in [0.3, 0.4) is 0 Å². The number of hydrogen-bond acceptors (Lipinski definition) is 7. The Balaban J connectivity index is 1.51. The Morgan fingerprint density at radius 1 is 1.00 bits per heavy atom. The van der Waals surface area contributed by atoms with E-state index in [4.69, 9.17) is 5.73 Å². The number of halogens is 5. The molecule has 6 rings (SSSR count). The van der Waals surface area contributed by atoms with Crippen LogP contribution in [-0.4, -0.2) is 31.4 Å². The summed E-state index contributed by atoms with van der Waals surface area (Å²) in [5.74, 6) is -1.72. The predicted molar refractivity (Wildman–Crippen MR) is 167 cm³/mol. The van der Waals surface area contributed by atoms with Gasteiger partial charge in [-0.05, 0) is 42.7 Å². The topological polar surface area (TPSA) is 115 Å². The highest BCUT2D eigenvalue weighted by Crippen LogP contribution is 2.44. The minimum Gasteiger partial charge on any atom is -0.365 e. The Labute approximate surface area is 265 Å². The zero-order chi connectivity index (χ0) is 33.1. The van der Waals surface area contributed by atoms with Crippen LogP contribution in [0.1, 0.15) is 68.0 Å². The molecule has 3 N–H and O–H groups in total. The molecule has 5 heterocycles. The van der Waals surface area contributed by atoms with Crippen molar-refractivity contribution in [3.05, 3.63) is 87.0 Å². The van der Waals surface area contributed by atoms with Crippen LogP contribution in [0, 0.1) is 6.92 Å². The van der Waals surface area contributed by atoms with Gasteiger partial charge in [0.2, 0.25) is 0 Å². The molecule has 6 aromatic rings. The second-order valence-electron chi connectivity index (χ2n) is 10.7. The maximum absolute atomic E-state index is 14.2. The first-order valence-electron chi connectivity index (χ1n) is 13.7. The van der Waals surface area contributed by atoms with Gasteiger partial charge in [0.15, 0.2) is 11.3 Å². The van der Waals surface area contributed by atoms with Gasteiger partial charge >= 0.3 is 6.18 Å². The van der Waals surface area contributed by atoms with Crippen LogP contribution in [-0.2, 0) is 6.18 Å². The highest BCUT2D eigenvalue weighted by molar-refractivity contribution is 7.21. The monoisotopic (exact) mass is 670 g/mol. The number of aryl methyl sites for hydroxylation is 1. The highest BCUT2D eigenvalue weighted by Gasteiger charge is 2.36. The number of nitrogens with two attached hydrogens (primary N) is 1. The Bertz CT molecular complexity index is 2150. The van der Waals surface area contributed by atoms with E-state index in [-0.39, 0.29) is 49.2 Å². The number of anilines is 1. The van der Waals surface area contributed by atoms with Crippen LogP contribution in [0.25, 0.3) is 37.6 Å². The maximum Gasteiger partial charge on any atom is 0.433 e. The molecule has 1 aromatic carbocycles. The largest absolute Gasteiger partial charge is 0.433 e. The molecule has 2 amide bonds. The quantitative estimate of drug-likeness (QED) is 0.165. The molecule has 0 aliphatic heterocycles. The molecule has 0 atom stereocenters. The number of nitrogens with one attached hydrogen (secondary N) is 1.